The van der Waals surface area contributed by atoms with Gasteiger partial charge in [-0.05, 0) is 23.1 Å². The van der Waals surface area contributed by atoms with Gasteiger partial charge in [0.25, 0.3) is 0 Å². The molecular formula is C33H37NO9. The number of carbonyl (C=O) groups excluding carboxylic acids is 4. The molecule has 1 N–H and O–H groups in total. The molecule has 0 spiro atoms. The van der Waals surface area contributed by atoms with Crippen molar-refractivity contribution >= 4 is 24.0 Å². The second kappa shape index (κ2) is 19.4. The fraction of sp³-hybridized carbons (Fsp3) is 0.333. The predicted molar refractivity (Wildman–Crippen MR) is 156 cm³/mol. The van der Waals surface area contributed by atoms with Crippen molar-refractivity contribution in [1.29, 1.82) is 0 Å². The molecule has 0 saturated heterocycles. The first-order valence-corrected chi connectivity index (χ1v) is 14.1. The average molecular weight is 592 g/mol. The molecule has 0 aliphatic heterocycles. The van der Waals surface area contributed by atoms with E-state index in [4.69, 9.17) is 23.7 Å². The third-order valence-electron chi connectivity index (χ3n) is 6.00. The Morgan fingerprint density at radius 3 is 1.51 bits per heavy atom. The van der Waals surface area contributed by atoms with Crippen LogP contribution in [0.25, 0.3) is 0 Å². The lowest BCUT2D eigenvalue weighted by Gasteiger charge is -2.18. The molecule has 3 rings (SSSR count). The van der Waals surface area contributed by atoms with Crippen LogP contribution in [0.4, 0.5) is 4.79 Å². The third-order valence-corrected chi connectivity index (χ3v) is 6.00. The summed E-state index contributed by atoms with van der Waals surface area (Å²) in [6.45, 7) is 0.247. The van der Waals surface area contributed by atoms with Gasteiger partial charge in [-0.15, -0.1) is 0 Å². The van der Waals surface area contributed by atoms with Crippen molar-refractivity contribution in [1.82, 2.24) is 5.32 Å². The van der Waals surface area contributed by atoms with Crippen molar-refractivity contribution in [2.24, 2.45) is 0 Å². The summed E-state index contributed by atoms with van der Waals surface area (Å²) in [7, 11) is 0. The Morgan fingerprint density at radius 1 is 0.535 bits per heavy atom. The highest BCUT2D eigenvalue weighted by atomic mass is 16.6. The Kier molecular flexibility index (Phi) is 14.8. The molecule has 10 heteroatoms. The molecule has 228 valence electrons. The predicted octanol–water partition coefficient (Wildman–Crippen LogP) is 4.89. The lowest BCUT2D eigenvalue weighted by Crippen LogP contribution is -2.33. The molecule has 0 aliphatic rings. The van der Waals surface area contributed by atoms with Gasteiger partial charge in [0.05, 0.1) is 13.0 Å². The van der Waals surface area contributed by atoms with Crippen molar-refractivity contribution in [2.45, 2.75) is 51.6 Å². The number of nitrogens with one attached hydrogen (secondary N) is 1. The van der Waals surface area contributed by atoms with E-state index in [1.54, 1.807) is 0 Å². The van der Waals surface area contributed by atoms with Gasteiger partial charge in [0, 0.05) is 19.4 Å². The van der Waals surface area contributed by atoms with E-state index >= 15 is 0 Å². The summed E-state index contributed by atoms with van der Waals surface area (Å²) >= 11 is 0. The fourth-order valence-electron chi connectivity index (χ4n) is 3.67. The number of hydrogen-bond donors (Lipinski definition) is 1. The molecule has 1 atom stereocenters. The summed E-state index contributed by atoms with van der Waals surface area (Å²) in [4.78, 5) is 48.3. The zero-order valence-electron chi connectivity index (χ0n) is 24.0. The van der Waals surface area contributed by atoms with Crippen molar-refractivity contribution in [3.05, 3.63) is 108 Å². The van der Waals surface area contributed by atoms with E-state index in [0.717, 1.165) is 16.7 Å². The minimum atomic E-state index is -0.746. The lowest BCUT2D eigenvalue weighted by molar-refractivity contribution is -0.150. The average Bonchev–Trinajstić information content (AvgIpc) is 3.04. The molecule has 43 heavy (non-hydrogen) atoms. The van der Waals surface area contributed by atoms with Crippen LogP contribution < -0.4 is 5.32 Å². The maximum absolute atomic E-state index is 12.3. The van der Waals surface area contributed by atoms with Crippen LogP contribution >= 0.6 is 0 Å². The molecule has 0 aliphatic carbocycles. The zero-order chi connectivity index (χ0) is 30.5. The topological polar surface area (TPSA) is 126 Å². The number of benzene rings is 3. The molecule has 3 aromatic carbocycles. The minimum Gasteiger partial charge on any atom is -0.463 e. The third kappa shape index (κ3) is 14.7. The molecule has 3 aromatic rings. The second-order valence-electron chi connectivity index (χ2n) is 9.52. The van der Waals surface area contributed by atoms with Gasteiger partial charge < -0.3 is 29.0 Å². The first-order valence-electron chi connectivity index (χ1n) is 14.1. The van der Waals surface area contributed by atoms with Crippen molar-refractivity contribution in [3.63, 3.8) is 0 Å². The van der Waals surface area contributed by atoms with Crippen LogP contribution in [0, 0.1) is 0 Å². The normalized spacial score (nSPS) is 11.2. The van der Waals surface area contributed by atoms with Crippen LogP contribution in [0.3, 0.4) is 0 Å². The van der Waals surface area contributed by atoms with Crippen molar-refractivity contribution in [3.8, 4) is 0 Å². The van der Waals surface area contributed by atoms with Gasteiger partial charge >= 0.3 is 24.0 Å². The van der Waals surface area contributed by atoms with E-state index in [9.17, 15) is 19.2 Å². The van der Waals surface area contributed by atoms with Gasteiger partial charge in [-0.25, -0.2) is 4.79 Å². The van der Waals surface area contributed by atoms with Gasteiger partial charge in [-0.2, -0.15) is 0 Å². The first kappa shape index (κ1) is 32.8. The molecular weight excluding hydrogens is 554 g/mol. The highest BCUT2D eigenvalue weighted by Gasteiger charge is 2.17. The summed E-state index contributed by atoms with van der Waals surface area (Å²) in [6.07, 6.45) is -1.12. The highest BCUT2D eigenvalue weighted by molar-refractivity contribution is 5.73. The first-order chi connectivity index (χ1) is 21.0. The fourth-order valence-corrected chi connectivity index (χ4v) is 3.67. The molecule has 1 amide bonds. The second-order valence-corrected chi connectivity index (χ2v) is 9.52. The number of esters is 3. The number of alkyl carbamates (subject to hydrolysis) is 1. The molecule has 1 unspecified atom stereocenters. The quantitative estimate of drug-likeness (QED) is 0.163. The Hall–Kier alpha value is -4.70. The van der Waals surface area contributed by atoms with Gasteiger partial charge in [0.2, 0.25) is 0 Å². The van der Waals surface area contributed by atoms with E-state index in [-0.39, 0.29) is 65.3 Å². The van der Waals surface area contributed by atoms with E-state index in [2.05, 4.69) is 5.32 Å². The number of hydrogen-bond acceptors (Lipinski definition) is 9. The maximum atomic E-state index is 12.3. The highest BCUT2D eigenvalue weighted by Crippen LogP contribution is 2.08. The number of carbonyl (C=O) groups is 4. The van der Waals surface area contributed by atoms with Crippen molar-refractivity contribution in [2.75, 3.05) is 19.8 Å². The summed E-state index contributed by atoms with van der Waals surface area (Å²) in [5.74, 6) is -1.36. The SMILES string of the molecule is O=C(CCCC(=O)OCC(COC(=O)NCCC(=O)OCc1ccccc1)OCc1ccccc1)OCc1ccccc1. The molecule has 0 heterocycles. The van der Waals surface area contributed by atoms with Gasteiger partial charge in [-0.1, -0.05) is 91.0 Å². The Balaban J connectivity index is 1.33. The molecule has 10 nitrogen and oxygen atoms in total. The van der Waals surface area contributed by atoms with E-state index < -0.39 is 30.1 Å². The van der Waals surface area contributed by atoms with E-state index in [1.807, 2.05) is 91.0 Å². The molecule has 0 aromatic heterocycles. The monoisotopic (exact) mass is 591 g/mol. The Bertz CT molecular complexity index is 1180. The summed E-state index contributed by atoms with van der Waals surface area (Å²) in [6, 6.07) is 28.0. The van der Waals surface area contributed by atoms with Gasteiger partial charge in [0.1, 0.15) is 32.5 Å². The Labute approximate surface area is 251 Å². The smallest absolute Gasteiger partial charge is 0.407 e. The summed E-state index contributed by atoms with van der Waals surface area (Å²) in [5.41, 5.74) is 2.65. The summed E-state index contributed by atoms with van der Waals surface area (Å²) < 4.78 is 26.8. The summed E-state index contributed by atoms with van der Waals surface area (Å²) in [5, 5.41) is 2.50. The minimum absolute atomic E-state index is 0.0206. The van der Waals surface area contributed by atoms with Crippen LogP contribution in [-0.2, 0) is 57.9 Å². The van der Waals surface area contributed by atoms with Crippen LogP contribution in [0.2, 0.25) is 0 Å². The van der Waals surface area contributed by atoms with E-state index in [1.165, 1.54) is 0 Å². The number of amides is 1. The largest absolute Gasteiger partial charge is 0.463 e. The number of rotatable bonds is 18. The van der Waals surface area contributed by atoms with Crippen LogP contribution in [0.1, 0.15) is 42.4 Å². The lowest BCUT2D eigenvalue weighted by atomic mass is 10.2. The molecule has 0 radical (unpaired) electrons. The van der Waals surface area contributed by atoms with Crippen molar-refractivity contribution < 1.29 is 42.9 Å². The molecule has 0 saturated carbocycles. The Morgan fingerprint density at radius 2 is 0.977 bits per heavy atom. The molecule has 0 fully saturated rings. The maximum Gasteiger partial charge on any atom is 0.407 e. The van der Waals surface area contributed by atoms with E-state index in [0.29, 0.717) is 0 Å². The number of ether oxygens (including phenoxy) is 5. The van der Waals surface area contributed by atoms with Crippen LogP contribution in [-0.4, -0.2) is 49.9 Å². The molecule has 0 bridgehead atoms. The zero-order valence-corrected chi connectivity index (χ0v) is 24.0. The van der Waals surface area contributed by atoms with Gasteiger partial charge in [-0.3, -0.25) is 14.4 Å². The van der Waals surface area contributed by atoms with Gasteiger partial charge in [0.15, 0.2) is 0 Å². The van der Waals surface area contributed by atoms with Crippen LogP contribution in [0.5, 0.6) is 0 Å². The van der Waals surface area contributed by atoms with Crippen LogP contribution in [0.15, 0.2) is 91.0 Å². The standard InChI is InChI=1S/C33H37NO9/c35-30(40-22-27-13-6-2-7-14-27)17-10-18-31(36)42-24-29(39-21-26-11-4-1-5-12-26)25-43-33(38)34-20-19-32(37)41-23-28-15-8-3-9-16-28/h1-9,11-16,29H,10,17-25H2,(H,34,38).